The van der Waals surface area contributed by atoms with Crippen molar-refractivity contribution in [3.05, 3.63) is 52.6 Å². The molecule has 16 heteroatoms. The zero-order chi connectivity index (χ0) is 33.4. The molecule has 1 aromatic carbocycles. The number of nitro groups is 1. The molecule has 4 atom stereocenters. The lowest BCUT2D eigenvalue weighted by molar-refractivity contribution is -0.385. The second-order valence-corrected chi connectivity index (χ2v) is 23.1. The molecule has 2 N–H and O–H groups in total. The van der Waals surface area contributed by atoms with Crippen LogP contribution in [0.5, 0.6) is 0 Å². The van der Waals surface area contributed by atoms with Gasteiger partial charge < -0.3 is 28.2 Å². The number of fused-ring (bicyclic) bond motifs is 2. The van der Waals surface area contributed by atoms with E-state index in [-0.39, 0.29) is 51.5 Å². The van der Waals surface area contributed by atoms with Crippen molar-refractivity contribution in [1.82, 2.24) is 19.5 Å². The Labute approximate surface area is 276 Å². The highest BCUT2D eigenvalue weighted by atomic mass is 32.2. The molecule has 0 spiro atoms. The molecule has 2 fully saturated rings. The fraction of sp³-hybridized carbons (Fsp3) is 0.633. The van der Waals surface area contributed by atoms with Gasteiger partial charge in [-0.25, -0.2) is 15.0 Å². The summed E-state index contributed by atoms with van der Waals surface area (Å²) in [7, 11) is -5.72. The lowest BCUT2D eigenvalue weighted by atomic mass is 10.2. The Bertz CT molecular complexity index is 1510. The minimum Gasteiger partial charge on any atom is -0.414 e. The first kappa shape index (κ1) is 34.9. The molecule has 2 aliphatic rings. The molecule has 0 bridgehead atoms. The van der Waals surface area contributed by atoms with E-state index in [9.17, 15) is 10.1 Å². The number of hydrogen-bond acceptors (Lipinski definition) is 12. The summed E-state index contributed by atoms with van der Waals surface area (Å²) >= 11 is 1.53. The SMILES string of the molecule is CC(C)[Si]1(C(C)C)OC[C@H]2O[C@@H](n3cnc4c(N)ncnc43)C(SCOCc3ccccc3[N+](=O)[O-])[C@H]2O[Si](C(C)C)(C(C)C)O1. The molecule has 3 aromatic rings. The lowest BCUT2D eigenvalue weighted by Crippen LogP contribution is -2.65. The van der Waals surface area contributed by atoms with Crippen molar-refractivity contribution in [1.29, 1.82) is 0 Å². The second-order valence-electron chi connectivity index (χ2n) is 13.2. The fourth-order valence-electron chi connectivity index (χ4n) is 6.67. The van der Waals surface area contributed by atoms with Crippen molar-refractivity contribution in [3.8, 4) is 0 Å². The molecule has 46 heavy (non-hydrogen) atoms. The van der Waals surface area contributed by atoms with Crippen LogP contribution in [0.25, 0.3) is 11.2 Å². The van der Waals surface area contributed by atoms with Crippen LogP contribution in [0.15, 0.2) is 36.9 Å². The highest BCUT2D eigenvalue weighted by molar-refractivity contribution is 7.99. The van der Waals surface area contributed by atoms with Crippen molar-refractivity contribution < 1.29 is 27.4 Å². The van der Waals surface area contributed by atoms with Crippen molar-refractivity contribution in [2.45, 2.75) is 108 Å². The summed E-state index contributed by atoms with van der Waals surface area (Å²) in [4.78, 5) is 24.3. The van der Waals surface area contributed by atoms with Crippen molar-refractivity contribution in [2.24, 2.45) is 0 Å². The highest BCUT2D eigenvalue weighted by Crippen LogP contribution is 2.50. The molecule has 4 heterocycles. The summed E-state index contributed by atoms with van der Waals surface area (Å²) in [6.07, 6.45) is 1.75. The summed E-state index contributed by atoms with van der Waals surface area (Å²) in [6, 6.07) is 6.61. The molecule has 0 aliphatic carbocycles. The molecule has 2 aromatic heterocycles. The molecule has 2 aliphatic heterocycles. The maximum Gasteiger partial charge on any atom is 0.335 e. The first-order chi connectivity index (χ1) is 21.8. The predicted molar refractivity (Wildman–Crippen MR) is 182 cm³/mol. The van der Waals surface area contributed by atoms with Crippen LogP contribution in [0.2, 0.25) is 22.2 Å². The molecule has 0 radical (unpaired) electrons. The Morgan fingerprint density at radius 1 is 1.04 bits per heavy atom. The first-order valence-corrected chi connectivity index (χ1v) is 20.8. The normalized spacial score (nSPS) is 24.5. The van der Waals surface area contributed by atoms with E-state index in [1.165, 1.54) is 24.2 Å². The van der Waals surface area contributed by atoms with Crippen molar-refractivity contribution in [2.75, 3.05) is 18.3 Å². The lowest BCUT2D eigenvalue weighted by Gasteiger charge is -2.51. The van der Waals surface area contributed by atoms with Crippen LogP contribution in [0.4, 0.5) is 11.5 Å². The van der Waals surface area contributed by atoms with Crippen LogP contribution in [0.1, 0.15) is 67.2 Å². The van der Waals surface area contributed by atoms with Gasteiger partial charge in [0.1, 0.15) is 17.9 Å². The van der Waals surface area contributed by atoms with E-state index >= 15 is 0 Å². The average molecular weight is 691 g/mol. The van der Waals surface area contributed by atoms with Gasteiger partial charge in [-0.3, -0.25) is 14.7 Å². The number of benzene rings is 1. The van der Waals surface area contributed by atoms with Crippen molar-refractivity contribution in [3.63, 3.8) is 0 Å². The van der Waals surface area contributed by atoms with Gasteiger partial charge in [0, 0.05) is 6.07 Å². The number of ether oxygens (including phenoxy) is 2. The largest absolute Gasteiger partial charge is 0.414 e. The Morgan fingerprint density at radius 2 is 1.72 bits per heavy atom. The third kappa shape index (κ3) is 6.37. The predicted octanol–water partition coefficient (Wildman–Crippen LogP) is 6.45. The van der Waals surface area contributed by atoms with Crippen LogP contribution >= 0.6 is 11.8 Å². The van der Waals surface area contributed by atoms with E-state index in [1.807, 2.05) is 4.57 Å². The zero-order valence-electron chi connectivity index (χ0n) is 27.8. The zero-order valence-corrected chi connectivity index (χ0v) is 30.6. The number of hydrogen-bond donors (Lipinski definition) is 1. The highest BCUT2D eigenvalue weighted by Gasteiger charge is 2.62. The van der Waals surface area contributed by atoms with Gasteiger partial charge in [-0.15, -0.1) is 11.8 Å². The van der Waals surface area contributed by atoms with Crippen LogP contribution in [0, 0.1) is 10.1 Å². The smallest absolute Gasteiger partial charge is 0.335 e. The maximum absolute atomic E-state index is 11.6. The molecule has 0 saturated carbocycles. The number of nitrogen functional groups attached to an aromatic ring is 1. The maximum atomic E-state index is 11.6. The van der Waals surface area contributed by atoms with E-state index < -0.39 is 40.5 Å². The minimum absolute atomic E-state index is 0.0297. The van der Waals surface area contributed by atoms with E-state index in [1.54, 1.807) is 24.5 Å². The molecule has 5 rings (SSSR count). The number of aromatic nitrogens is 4. The number of nitrogens with zero attached hydrogens (tertiary/aromatic N) is 5. The summed E-state index contributed by atoms with van der Waals surface area (Å²) in [5.41, 5.74) is 8.41. The monoisotopic (exact) mass is 690 g/mol. The van der Waals surface area contributed by atoms with Gasteiger partial charge in [0.15, 0.2) is 17.7 Å². The first-order valence-electron chi connectivity index (χ1n) is 15.8. The Hall–Kier alpha value is -2.45. The van der Waals surface area contributed by atoms with Crippen molar-refractivity contribution >= 4 is 51.6 Å². The number of imidazole rings is 1. The summed E-state index contributed by atoms with van der Waals surface area (Å²) in [6.45, 7) is 18.0. The number of anilines is 1. The second kappa shape index (κ2) is 14.0. The molecule has 0 amide bonds. The van der Waals surface area contributed by atoms with Gasteiger partial charge >= 0.3 is 17.1 Å². The van der Waals surface area contributed by atoms with Gasteiger partial charge in [-0.05, 0) is 28.2 Å². The fourth-order valence-corrected chi connectivity index (χ4v) is 19.1. The number of rotatable bonds is 11. The Balaban J connectivity index is 1.52. The van der Waals surface area contributed by atoms with Gasteiger partial charge in [0.2, 0.25) is 0 Å². The molecule has 252 valence electrons. The van der Waals surface area contributed by atoms with Gasteiger partial charge in [-0.2, -0.15) is 0 Å². The van der Waals surface area contributed by atoms with Gasteiger partial charge in [-0.1, -0.05) is 67.5 Å². The van der Waals surface area contributed by atoms with Crippen LogP contribution in [-0.4, -0.2) is 71.6 Å². The minimum atomic E-state index is -2.95. The third-order valence-electron chi connectivity index (χ3n) is 9.07. The van der Waals surface area contributed by atoms with Crippen LogP contribution in [0.3, 0.4) is 0 Å². The van der Waals surface area contributed by atoms with E-state index in [2.05, 4.69) is 70.3 Å². The number of thioether (sulfide) groups is 1. The Kier molecular flexibility index (Phi) is 10.6. The number of nitrogens with two attached hydrogens (primary N) is 1. The molecular formula is C30H46N6O7SSi2. The standard InChI is InChI=1S/C30H46N6O7SSi2/c1-18(2)45(19(3)4)40-14-24-26(42-46(43-45,20(5)6)21(7)8)27(44-17-39-13-22-11-9-10-12-23(22)36(37)38)30(41-24)35-16-34-25-28(31)32-15-33-29(25)35/h9-12,15-16,18-21,24,26-27,30H,13-14,17H2,1-8H3,(H2,31,32,33)/t24-,26+,27?,30-/m1/s1. The van der Waals surface area contributed by atoms with Crippen LogP contribution < -0.4 is 5.73 Å². The number of nitro benzene ring substituents is 1. The summed E-state index contributed by atoms with van der Waals surface area (Å²) < 4.78 is 36.6. The van der Waals surface area contributed by atoms with E-state index in [0.29, 0.717) is 23.3 Å². The summed E-state index contributed by atoms with van der Waals surface area (Å²) in [5, 5.41) is 11.3. The topological polar surface area (TPSA) is 159 Å². The summed E-state index contributed by atoms with van der Waals surface area (Å²) in [5.74, 6) is 0.525. The average Bonchev–Trinajstić information content (AvgIpc) is 3.56. The molecule has 13 nitrogen and oxygen atoms in total. The van der Waals surface area contributed by atoms with Gasteiger partial charge in [0.05, 0.1) is 47.3 Å². The molecule has 2 saturated heterocycles. The van der Waals surface area contributed by atoms with Crippen LogP contribution in [-0.2, 0) is 29.0 Å². The van der Waals surface area contributed by atoms with E-state index in [0.717, 1.165) is 0 Å². The number of para-hydroxylation sites is 1. The molecule has 1 unspecified atom stereocenters. The van der Waals surface area contributed by atoms with E-state index in [4.69, 9.17) is 28.2 Å². The molecular weight excluding hydrogens is 645 g/mol. The quantitative estimate of drug-likeness (QED) is 0.0772. The Morgan fingerprint density at radius 3 is 2.37 bits per heavy atom. The van der Waals surface area contributed by atoms with Gasteiger partial charge in [0.25, 0.3) is 5.69 Å². The third-order valence-corrected chi connectivity index (χ3v) is 20.5.